The van der Waals surface area contributed by atoms with E-state index >= 15 is 0 Å². The van der Waals surface area contributed by atoms with Crippen molar-refractivity contribution >= 4 is 62.4 Å². The standard InChI is InChI=1S/C26H26BrClN2O5S/c1-2-34-21-13-18(12-20(28)24(21)35-16-17-6-8-19(27)9-7-17)14-22-25(32)30(26(33)36-22)15-23(31)29-10-4-3-5-11-29/h6-9,12-14H,2-5,10-11,15-16H2,1H3/b22-14-. The van der Waals surface area contributed by atoms with Crippen molar-refractivity contribution in [2.75, 3.05) is 26.2 Å². The highest BCUT2D eigenvalue weighted by Crippen LogP contribution is 2.39. The van der Waals surface area contributed by atoms with Crippen molar-refractivity contribution in [3.05, 3.63) is 61.9 Å². The predicted molar refractivity (Wildman–Crippen MR) is 144 cm³/mol. The fourth-order valence-corrected chi connectivity index (χ4v) is 5.35. The Morgan fingerprint density at radius 3 is 2.53 bits per heavy atom. The number of hydrogen-bond acceptors (Lipinski definition) is 6. The lowest BCUT2D eigenvalue weighted by Gasteiger charge is -2.27. The molecule has 0 saturated carbocycles. The number of carbonyl (C=O) groups excluding carboxylic acids is 3. The molecule has 2 heterocycles. The minimum atomic E-state index is -0.486. The molecule has 0 spiro atoms. The van der Waals surface area contributed by atoms with Gasteiger partial charge in [-0.15, -0.1) is 0 Å². The molecule has 10 heteroatoms. The molecule has 2 aromatic carbocycles. The minimum absolute atomic E-state index is 0.202. The van der Waals surface area contributed by atoms with Gasteiger partial charge in [-0.2, -0.15) is 0 Å². The molecule has 36 heavy (non-hydrogen) atoms. The lowest BCUT2D eigenvalue weighted by Crippen LogP contribution is -2.44. The Hall–Kier alpha value is -2.49. The summed E-state index contributed by atoms with van der Waals surface area (Å²) in [6.07, 6.45) is 4.57. The van der Waals surface area contributed by atoms with Crippen molar-refractivity contribution in [1.82, 2.24) is 9.80 Å². The first-order valence-electron chi connectivity index (χ1n) is 11.7. The van der Waals surface area contributed by atoms with Gasteiger partial charge in [-0.25, -0.2) is 0 Å². The van der Waals surface area contributed by atoms with Crippen LogP contribution in [0.15, 0.2) is 45.8 Å². The molecule has 2 aliphatic rings. The topological polar surface area (TPSA) is 76.2 Å². The number of hydrogen-bond donors (Lipinski definition) is 0. The van der Waals surface area contributed by atoms with Crippen LogP contribution in [-0.4, -0.2) is 53.1 Å². The van der Waals surface area contributed by atoms with Crippen LogP contribution < -0.4 is 9.47 Å². The summed E-state index contributed by atoms with van der Waals surface area (Å²) in [5.74, 6) is 0.152. The van der Waals surface area contributed by atoms with Crippen LogP contribution in [-0.2, 0) is 16.2 Å². The summed E-state index contributed by atoms with van der Waals surface area (Å²) in [5, 5.41) is -0.133. The van der Waals surface area contributed by atoms with Crippen LogP contribution in [0.25, 0.3) is 6.08 Å². The van der Waals surface area contributed by atoms with E-state index in [9.17, 15) is 14.4 Å². The first kappa shape index (κ1) is 26.6. The first-order valence-corrected chi connectivity index (χ1v) is 13.7. The van der Waals surface area contributed by atoms with Gasteiger partial charge in [0.25, 0.3) is 11.1 Å². The molecule has 4 rings (SSSR count). The number of likely N-dealkylation sites (tertiary alicyclic amines) is 1. The number of benzene rings is 2. The van der Waals surface area contributed by atoms with E-state index in [-0.39, 0.29) is 17.4 Å². The van der Waals surface area contributed by atoms with Crippen molar-refractivity contribution < 1.29 is 23.9 Å². The fraction of sp³-hybridized carbons (Fsp3) is 0.346. The molecule has 0 unspecified atom stereocenters. The second-order valence-corrected chi connectivity index (χ2v) is 10.7. The van der Waals surface area contributed by atoms with Crippen LogP contribution >= 0.6 is 39.3 Å². The molecular formula is C26H26BrClN2O5S. The zero-order chi connectivity index (χ0) is 25.7. The molecule has 7 nitrogen and oxygen atoms in total. The summed E-state index contributed by atoms with van der Waals surface area (Å²) in [7, 11) is 0. The number of amides is 3. The smallest absolute Gasteiger partial charge is 0.294 e. The van der Waals surface area contributed by atoms with Gasteiger partial charge in [-0.05, 0) is 79.4 Å². The van der Waals surface area contributed by atoms with Crippen LogP contribution in [0.3, 0.4) is 0 Å². The van der Waals surface area contributed by atoms with Crippen molar-refractivity contribution in [1.29, 1.82) is 0 Å². The van der Waals surface area contributed by atoms with E-state index in [1.54, 1.807) is 23.1 Å². The maximum absolute atomic E-state index is 12.9. The van der Waals surface area contributed by atoms with E-state index in [2.05, 4.69) is 15.9 Å². The lowest BCUT2D eigenvalue weighted by molar-refractivity contribution is -0.136. The zero-order valence-corrected chi connectivity index (χ0v) is 23.0. The maximum atomic E-state index is 12.9. The number of rotatable bonds is 8. The van der Waals surface area contributed by atoms with Crippen molar-refractivity contribution in [2.45, 2.75) is 32.8 Å². The quantitative estimate of drug-likeness (QED) is 0.343. The van der Waals surface area contributed by atoms with Gasteiger partial charge in [0.05, 0.1) is 16.5 Å². The van der Waals surface area contributed by atoms with Crippen molar-refractivity contribution in [2.24, 2.45) is 0 Å². The third-order valence-electron chi connectivity index (χ3n) is 5.80. The predicted octanol–water partition coefficient (Wildman–Crippen LogP) is 6.13. The van der Waals surface area contributed by atoms with Gasteiger partial charge < -0.3 is 14.4 Å². The van der Waals surface area contributed by atoms with E-state index in [4.69, 9.17) is 21.1 Å². The molecular weight excluding hydrogens is 568 g/mol. The Kier molecular flexibility index (Phi) is 8.98. The van der Waals surface area contributed by atoms with Crippen molar-refractivity contribution in [3.8, 4) is 11.5 Å². The number of imide groups is 1. The second-order valence-electron chi connectivity index (χ2n) is 8.39. The summed E-state index contributed by atoms with van der Waals surface area (Å²) in [4.78, 5) is 41.0. The highest BCUT2D eigenvalue weighted by atomic mass is 79.9. The van der Waals surface area contributed by atoms with Crippen LogP contribution in [0.4, 0.5) is 4.79 Å². The molecule has 0 N–H and O–H groups in total. The molecule has 0 atom stereocenters. The minimum Gasteiger partial charge on any atom is -0.490 e. The number of piperidine rings is 1. The zero-order valence-electron chi connectivity index (χ0n) is 19.8. The largest absolute Gasteiger partial charge is 0.490 e. The average molecular weight is 594 g/mol. The average Bonchev–Trinajstić information content (AvgIpc) is 3.12. The number of halogens is 2. The highest BCUT2D eigenvalue weighted by Gasteiger charge is 2.37. The van der Waals surface area contributed by atoms with Crippen LogP contribution in [0.2, 0.25) is 5.02 Å². The van der Waals surface area contributed by atoms with E-state index in [1.165, 1.54) is 0 Å². The Labute approximate surface area is 227 Å². The second kappa shape index (κ2) is 12.2. The molecule has 2 saturated heterocycles. The third kappa shape index (κ3) is 6.44. The Balaban J connectivity index is 1.50. The summed E-state index contributed by atoms with van der Waals surface area (Å²) < 4.78 is 12.7. The molecule has 2 aliphatic heterocycles. The van der Waals surface area contributed by atoms with Crippen LogP contribution in [0.5, 0.6) is 11.5 Å². The van der Waals surface area contributed by atoms with Crippen molar-refractivity contribution in [3.63, 3.8) is 0 Å². The number of nitrogens with zero attached hydrogens (tertiary/aromatic N) is 2. The molecule has 2 fully saturated rings. The summed E-state index contributed by atoms with van der Waals surface area (Å²) in [6, 6.07) is 11.1. The molecule has 0 bridgehead atoms. The van der Waals surface area contributed by atoms with Gasteiger partial charge in [0.2, 0.25) is 5.91 Å². The van der Waals surface area contributed by atoms with E-state index < -0.39 is 11.1 Å². The number of carbonyl (C=O) groups is 3. The van der Waals surface area contributed by atoms with Gasteiger partial charge in [0, 0.05) is 17.6 Å². The Morgan fingerprint density at radius 2 is 1.83 bits per heavy atom. The SMILES string of the molecule is CCOc1cc(/C=C2\SC(=O)N(CC(=O)N3CCCCC3)C2=O)cc(Cl)c1OCc1ccc(Br)cc1. The monoisotopic (exact) mass is 592 g/mol. The summed E-state index contributed by atoms with van der Waals surface area (Å²) >= 11 is 10.8. The van der Waals surface area contributed by atoms with Crippen LogP contribution in [0, 0.1) is 0 Å². The molecule has 3 amide bonds. The van der Waals surface area contributed by atoms with Gasteiger partial charge in [0.15, 0.2) is 11.5 Å². The van der Waals surface area contributed by atoms with Gasteiger partial charge in [0.1, 0.15) is 13.2 Å². The summed E-state index contributed by atoms with van der Waals surface area (Å²) in [6.45, 7) is 3.64. The van der Waals surface area contributed by atoms with Gasteiger partial charge in [-0.1, -0.05) is 39.7 Å². The lowest BCUT2D eigenvalue weighted by atomic mass is 10.1. The Bertz CT molecular complexity index is 1180. The molecule has 0 radical (unpaired) electrons. The number of ether oxygens (including phenoxy) is 2. The first-order chi connectivity index (χ1) is 17.4. The molecule has 190 valence electrons. The van der Waals surface area contributed by atoms with Gasteiger partial charge >= 0.3 is 0 Å². The Morgan fingerprint density at radius 1 is 1.11 bits per heavy atom. The van der Waals surface area contributed by atoms with E-state index in [1.807, 2.05) is 31.2 Å². The molecule has 0 aromatic heterocycles. The van der Waals surface area contributed by atoms with Crippen LogP contribution in [0.1, 0.15) is 37.3 Å². The van der Waals surface area contributed by atoms with E-state index in [0.717, 1.165) is 46.0 Å². The van der Waals surface area contributed by atoms with E-state index in [0.29, 0.717) is 48.4 Å². The molecule has 2 aromatic rings. The third-order valence-corrected chi connectivity index (χ3v) is 7.52. The normalized spacial score (nSPS) is 17.1. The fourth-order valence-electron chi connectivity index (χ4n) is 3.98. The summed E-state index contributed by atoms with van der Waals surface area (Å²) in [5.41, 5.74) is 1.56. The molecule has 0 aliphatic carbocycles. The maximum Gasteiger partial charge on any atom is 0.294 e. The highest BCUT2D eigenvalue weighted by molar-refractivity contribution is 9.10. The number of thioether (sulfide) groups is 1. The van der Waals surface area contributed by atoms with Gasteiger partial charge in [-0.3, -0.25) is 19.3 Å².